The zero-order valence-corrected chi connectivity index (χ0v) is 45.7. The Balaban J connectivity index is 0.984. The molecule has 6 aliphatic heterocycles. The SMILES string of the molecule is CC1(C)C=C(CS(=O)(=O)O)c2cc3c(c4c2N1CCC4)Oc1c(cc2c4c1CCCN4C(C)(C)C=C2CS(=O)(=O)O)C31c2c(Cl)ccc(Cl)c2C(=O)N1OCCOCCOCCOCCC(=O)Oc1c(F)c(F)cc(F)c1F. The molecule has 0 unspecified atom stereocenters. The summed E-state index contributed by atoms with van der Waals surface area (Å²) in [7, 11) is -9.23. The van der Waals surface area contributed by atoms with Crippen LogP contribution in [0.4, 0.5) is 28.9 Å². The summed E-state index contributed by atoms with van der Waals surface area (Å²) in [4.78, 5) is 38.5. The van der Waals surface area contributed by atoms with Crippen molar-refractivity contribution in [2.75, 3.05) is 80.6 Å². The van der Waals surface area contributed by atoms with Gasteiger partial charge in [-0.1, -0.05) is 35.4 Å². The lowest BCUT2D eigenvalue weighted by Gasteiger charge is -2.51. The van der Waals surface area contributed by atoms with Crippen molar-refractivity contribution in [2.45, 2.75) is 76.4 Å². The van der Waals surface area contributed by atoms with Crippen LogP contribution < -0.4 is 19.3 Å². The first-order valence-electron chi connectivity index (χ1n) is 25.0. The number of hydrogen-bond donors (Lipinski definition) is 2. The summed E-state index contributed by atoms with van der Waals surface area (Å²) < 4.78 is 156. The number of nitrogens with zero attached hydrogens (tertiary/aromatic N) is 3. The van der Waals surface area contributed by atoms with E-state index in [0.717, 1.165) is 0 Å². The highest BCUT2D eigenvalue weighted by molar-refractivity contribution is 7.86. The number of halogens is 6. The first-order valence-corrected chi connectivity index (χ1v) is 28.9. The molecule has 4 aromatic rings. The fraction of sp³-hybridized carbons (Fsp3) is 0.434. The number of anilines is 2. The first-order chi connectivity index (χ1) is 36.7. The lowest BCUT2D eigenvalue weighted by molar-refractivity contribution is -0.171. The Morgan fingerprint density at radius 1 is 0.692 bits per heavy atom. The number of amides is 1. The van der Waals surface area contributed by atoms with Crippen LogP contribution in [0.1, 0.15) is 96.3 Å². The van der Waals surface area contributed by atoms with E-state index >= 15 is 4.79 Å². The van der Waals surface area contributed by atoms with Gasteiger partial charge < -0.3 is 33.5 Å². The Labute approximate surface area is 457 Å². The van der Waals surface area contributed by atoms with E-state index in [-0.39, 0.29) is 73.5 Å². The van der Waals surface area contributed by atoms with E-state index in [1.807, 2.05) is 27.7 Å². The molecule has 17 nitrogen and oxygen atoms in total. The minimum Gasteiger partial charge on any atom is -0.456 e. The number of fused-ring (bicyclic) bond motifs is 8. The summed E-state index contributed by atoms with van der Waals surface area (Å²) in [5.41, 5.74) is 1.79. The van der Waals surface area contributed by atoms with Gasteiger partial charge in [0.05, 0.1) is 85.7 Å². The predicted molar refractivity (Wildman–Crippen MR) is 279 cm³/mol. The quantitative estimate of drug-likeness (QED) is 0.0238. The van der Waals surface area contributed by atoms with Crippen LogP contribution in [-0.4, -0.2) is 125 Å². The van der Waals surface area contributed by atoms with Gasteiger partial charge in [-0.15, -0.1) is 0 Å². The molecule has 4 aromatic carbocycles. The van der Waals surface area contributed by atoms with Gasteiger partial charge in [0.15, 0.2) is 17.2 Å². The van der Waals surface area contributed by atoms with Crippen molar-refractivity contribution in [1.82, 2.24) is 5.06 Å². The van der Waals surface area contributed by atoms with Gasteiger partial charge in [-0.25, -0.2) is 8.78 Å². The standard InChI is InChI=1S/C53H53Cl2F4N3O14S2/c1-51(2)24-28(26-77(65,66)67)32-21-34-47(30-7-5-12-60(51)45(30)32)76-48-31-8-6-13-61-46(31)33(29(25-52(61,3)4)27-78(68,69)70)22-35(48)53(34)42-37(55)10-9-36(54)41(42)50(64)62(53)74-20-19-73-18-17-72-16-15-71-14-11-40(63)75-49-43(58)38(56)23-39(57)44(49)59/h9-10,21-25H,5-8,11-20,26-27H2,1-4H3,(H,65,66,67)(H,68,69,70). The maximum Gasteiger partial charge on any atom is 0.313 e. The third-order valence-corrected chi connectivity index (χ3v) is 16.7. The van der Waals surface area contributed by atoms with Crippen LogP contribution >= 0.6 is 23.2 Å². The lowest BCUT2D eigenvalue weighted by atomic mass is 9.70. The number of carbonyl (C=O) groups excluding carboxylic acids is 2. The van der Waals surface area contributed by atoms with Gasteiger partial charge in [-0.3, -0.25) is 23.5 Å². The second-order valence-electron chi connectivity index (χ2n) is 20.7. The number of hydroxylamine groups is 2. The zero-order chi connectivity index (χ0) is 56.0. The zero-order valence-electron chi connectivity index (χ0n) is 42.6. The van der Waals surface area contributed by atoms with E-state index < -0.39 is 95.7 Å². The maximum absolute atomic E-state index is 15.4. The Morgan fingerprint density at radius 3 is 1.64 bits per heavy atom. The molecule has 0 aromatic heterocycles. The third-order valence-electron chi connectivity index (χ3n) is 14.7. The Morgan fingerprint density at radius 2 is 1.15 bits per heavy atom. The van der Waals surface area contributed by atoms with Crippen LogP contribution in [-0.2, 0) is 62.5 Å². The van der Waals surface area contributed by atoms with Gasteiger partial charge in [0.25, 0.3) is 26.1 Å². The largest absolute Gasteiger partial charge is 0.456 e. The minimum absolute atomic E-state index is 0.00758. The summed E-state index contributed by atoms with van der Waals surface area (Å²) in [6.45, 7) is 8.39. The molecule has 0 aliphatic carbocycles. The van der Waals surface area contributed by atoms with E-state index in [4.69, 9.17) is 47.0 Å². The molecule has 0 saturated carbocycles. The molecule has 418 valence electrons. The highest BCUT2D eigenvalue weighted by Crippen LogP contribution is 2.65. The van der Waals surface area contributed by atoms with Crippen LogP contribution in [0.5, 0.6) is 17.2 Å². The molecule has 0 saturated heterocycles. The molecule has 0 fully saturated rings. The Bertz CT molecular complexity index is 3340. The van der Waals surface area contributed by atoms with E-state index in [0.29, 0.717) is 106 Å². The number of benzene rings is 4. The third kappa shape index (κ3) is 9.84. The molecule has 1 spiro atoms. The van der Waals surface area contributed by atoms with E-state index in [1.165, 1.54) is 11.1 Å². The van der Waals surface area contributed by atoms with Gasteiger partial charge in [0.1, 0.15) is 23.0 Å². The second-order valence-corrected chi connectivity index (χ2v) is 24.5. The fourth-order valence-corrected chi connectivity index (χ4v) is 13.6. The first kappa shape index (κ1) is 56.0. The van der Waals surface area contributed by atoms with Crippen LogP contribution in [0.15, 0.2) is 42.5 Å². The van der Waals surface area contributed by atoms with Crippen LogP contribution in [0.3, 0.4) is 0 Å². The molecule has 25 heteroatoms. The van der Waals surface area contributed by atoms with E-state index in [9.17, 15) is 48.3 Å². The minimum atomic E-state index is -4.62. The lowest BCUT2D eigenvalue weighted by Crippen LogP contribution is -2.51. The average molecular weight is 1170 g/mol. The number of esters is 1. The molecule has 0 radical (unpaired) electrons. The van der Waals surface area contributed by atoms with Crippen molar-refractivity contribution in [3.63, 3.8) is 0 Å². The van der Waals surface area contributed by atoms with E-state index in [1.54, 1.807) is 30.4 Å². The normalized spacial score (nSPS) is 18.2. The molecule has 1 amide bonds. The molecule has 6 aliphatic rings. The smallest absolute Gasteiger partial charge is 0.313 e. The molecule has 0 atom stereocenters. The van der Waals surface area contributed by atoms with Gasteiger partial charge >= 0.3 is 5.97 Å². The van der Waals surface area contributed by atoms with Gasteiger partial charge in [0, 0.05) is 63.1 Å². The van der Waals surface area contributed by atoms with Crippen LogP contribution in [0.25, 0.3) is 11.1 Å². The Hall–Kier alpha value is -5.34. The van der Waals surface area contributed by atoms with E-state index in [2.05, 4.69) is 14.5 Å². The maximum atomic E-state index is 15.4. The Kier molecular flexibility index (Phi) is 14.8. The predicted octanol–water partition coefficient (Wildman–Crippen LogP) is 9.01. The molecule has 10 rings (SSSR count). The molecule has 0 bridgehead atoms. The summed E-state index contributed by atoms with van der Waals surface area (Å²) in [5.74, 6) is -11.3. The van der Waals surface area contributed by atoms with Crippen LogP contribution in [0, 0.1) is 23.3 Å². The van der Waals surface area contributed by atoms with Crippen molar-refractivity contribution in [3.05, 3.63) is 120 Å². The molecular weight excluding hydrogens is 1110 g/mol. The van der Waals surface area contributed by atoms with Gasteiger partial charge in [0.2, 0.25) is 17.4 Å². The van der Waals surface area contributed by atoms with Crippen molar-refractivity contribution < 1.29 is 81.6 Å². The van der Waals surface area contributed by atoms with Crippen molar-refractivity contribution >= 4 is 77.8 Å². The summed E-state index contributed by atoms with van der Waals surface area (Å²) in [6.07, 6.45) is 5.31. The van der Waals surface area contributed by atoms with Crippen molar-refractivity contribution in [3.8, 4) is 17.2 Å². The molecular formula is C53H53Cl2F4N3O14S2. The molecule has 6 heterocycles. The van der Waals surface area contributed by atoms with Crippen LogP contribution in [0.2, 0.25) is 10.0 Å². The van der Waals surface area contributed by atoms with Crippen molar-refractivity contribution in [1.29, 1.82) is 0 Å². The number of hydrogen-bond acceptors (Lipinski definition) is 14. The van der Waals surface area contributed by atoms with Gasteiger partial charge in [-0.2, -0.15) is 30.7 Å². The number of ether oxygens (including phenoxy) is 5. The highest BCUT2D eigenvalue weighted by atomic mass is 35.5. The number of carbonyl (C=O) groups is 2. The number of rotatable bonds is 18. The highest BCUT2D eigenvalue weighted by Gasteiger charge is 2.62. The fourth-order valence-electron chi connectivity index (χ4n) is 11.8. The molecule has 2 N–H and O–H groups in total. The second kappa shape index (κ2) is 20.6. The summed E-state index contributed by atoms with van der Waals surface area (Å²) in [5, 5.41) is 1.30. The summed E-state index contributed by atoms with van der Waals surface area (Å²) in [6, 6.07) is 6.51. The monoisotopic (exact) mass is 1170 g/mol. The topological polar surface area (TPSA) is 208 Å². The van der Waals surface area contributed by atoms with Crippen molar-refractivity contribution in [2.24, 2.45) is 0 Å². The average Bonchev–Trinajstić information content (AvgIpc) is 2.89. The van der Waals surface area contributed by atoms with Gasteiger partial charge in [-0.05, 0) is 88.8 Å². The molecule has 78 heavy (non-hydrogen) atoms. The summed E-state index contributed by atoms with van der Waals surface area (Å²) >= 11 is 14.4.